The third kappa shape index (κ3) is 8.19. The van der Waals surface area contributed by atoms with Gasteiger partial charge in [-0.05, 0) is 18.6 Å². The van der Waals surface area contributed by atoms with Crippen molar-refractivity contribution in [3.63, 3.8) is 0 Å². The van der Waals surface area contributed by atoms with E-state index in [2.05, 4.69) is 6.92 Å². The van der Waals surface area contributed by atoms with E-state index in [1.807, 2.05) is 6.92 Å². The lowest BCUT2D eigenvalue weighted by Gasteiger charge is -2.14. The van der Waals surface area contributed by atoms with Crippen LogP contribution in [0.2, 0.25) is 0 Å². The molecule has 2 N–H and O–H groups in total. The van der Waals surface area contributed by atoms with Gasteiger partial charge >= 0.3 is 5.97 Å². The minimum Gasteiger partial charge on any atom is -0.463 e. The molecule has 1 aliphatic heterocycles. The summed E-state index contributed by atoms with van der Waals surface area (Å²) in [5.74, 6) is 0.633. The first-order chi connectivity index (χ1) is 11.6. The minimum atomic E-state index is -0.994. The van der Waals surface area contributed by atoms with E-state index in [4.69, 9.17) is 9.47 Å². The summed E-state index contributed by atoms with van der Waals surface area (Å²) >= 11 is 1.54. The number of hydrogen-bond donors (Lipinski definition) is 2. The molecular formula is C18H34O5S. The standard InChI is InChI=1S/C18H34O5S/c1-3-5-7-8-9-10-12-24-18-17(21)16(20)14(23-18)13-22-15(19)11-6-4-2/h14,16-18,20-21H,3-13H2,1-2H3. The molecule has 1 rings (SSSR count). The number of ether oxygens (including phenoxy) is 2. The Balaban J connectivity index is 2.18. The molecular weight excluding hydrogens is 328 g/mol. The molecule has 24 heavy (non-hydrogen) atoms. The predicted octanol–water partition coefficient (Wildman–Crippen LogP) is 3.26. The van der Waals surface area contributed by atoms with Crippen LogP contribution < -0.4 is 0 Å². The molecule has 1 fully saturated rings. The second kappa shape index (κ2) is 13.0. The average Bonchev–Trinajstić information content (AvgIpc) is 2.85. The first-order valence-electron chi connectivity index (χ1n) is 9.39. The molecule has 0 aliphatic carbocycles. The summed E-state index contributed by atoms with van der Waals surface area (Å²) in [6.45, 7) is 4.23. The molecule has 1 saturated heterocycles. The van der Waals surface area contributed by atoms with Gasteiger partial charge in [-0.25, -0.2) is 0 Å². The summed E-state index contributed by atoms with van der Waals surface area (Å²) < 4.78 is 10.8. The van der Waals surface area contributed by atoms with Gasteiger partial charge in [-0.3, -0.25) is 4.79 Å². The maximum Gasteiger partial charge on any atom is 0.305 e. The fraction of sp³-hybridized carbons (Fsp3) is 0.944. The van der Waals surface area contributed by atoms with Crippen LogP contribution in [0.3, 0.4) is 0 Å². The van der Waals surface area contributed by atoms with Crippen LogP contribution in [0.25, 0.3) is 0 Å². The Morgan fingerprint density at radius 1 is 1.00 bits per heavy atom. The zero-order valence-corrected chi connectivity index (χ0v) is 15.9. The molecule has 0 aromatic heterocycles. The van der Waals surface area contributed by atoms with Crippen LogP contribution in [-0.2, 0) is 14.3 Å². The van der Waals surface area contributed by atoms with E-state index in [9.17, 15) is 15.0 Å². The van der Waals surface area contributed by atoms with E-state index in [1.54, 1.807) is 0 Å². The minimum absolute atomic E-state index is 0.00878. The van der Waals surface area contributed by atoms with Gasteiger partial charge in [-0.15, -0.1) is 11.8 Å². The van der Waals surface area contributed by atoms with Gasteiger partial charge in [0, 0.05) is 6.42 Å². The highest BCUT2D eigenvalue weighted by Crippen LogP contribution is 2.30. The molecule has 0 saturated carbocycles. The molecule has 0 radical (unpaired) electrons. The smallest absolute Gasteiger partial charge is 0.305 e. The molecule has 142 valence electrons. The Kier molecular flexibility index (Phi) is 11.8. The highest BCUT2D eigenvalue weighted by molar-refractivity contribution is 7.99. The molecule has 1 heterocycles. The van der Waals surface area contributed by atoms with Crippen LogP contribution in [0.5, 0.6) is 0 Å². The van der Waals surface area contributed by atoms with Crippen LogP contribution in [0, 0.1) is 0 Å². The number of aliphatic hydroxyl groups is 2. The molecule has 6 heteroatoms. The lowest BCUT2D eigenvalue weighted by molar-refractivity contribution is -0.148. The Morgan fingerprint density at radius 3 is 2.38 bits per heavy atom. The van der Waals surface area contributed by atoms with Gasteiger partial charge in [0.2, 0.25) is 0 Å². The molecule has 4 unspecified atom stereocenters. The van der Waals surface area contributed by atoms with Gasteiger partial charge in [0.05, 0.1) is 0 Å². The summed E-state index contributed by atoms with van der Waals surface area (Å²) in [5, 5.41) is 20.1. The van der Waals surface area contributed by atoms with Gasteiger partial charge in [-0.1, -0.05) is 52.4 Å². The van der Waals surface area contributed by atoms with Crippen molar-refractivity contribution in [3.05, 3.63) is 0 Å². The third-order valence-corrected chi connectivity index (χ3v) is 5.48. The lowest BCUT2D eigenvalue weighted by Crippen LogP contribution is -2.34. The second-order valence-electron chi connectivity index (χ2n) is 6.45. The summed E-state index contributed by atoms with van der Waals surface area (Å²) in [7, 11) is 0. The number of esters is 1. The third-order valence-electron chi connectivity index (χ3n) is 4.24. The Morgan fingerprint density at radius 2 is 1.67 bits per heavy atom. The van der Waals surface area contributed by atoms with Crippen LogP contribution in [0.1, 0.15) is 71.6 Å². The monoisotopic (exact) mass is 362 g/mol. The van der Waals surface area contributed by atoms with Gasteiger partial charge in [0.25, 0.3) is 0 Å². The lowest BCUT2D eigenvalue weighted by atomic mass is 10.1. The van der Waals surface area contributed by atoms with Gasteiger partial charge in [-0.2, -0.15) is 0 Å². The molecule has 0 aromatic rings. The topological polar surface area (TPSA) is 76.0 Å². The van der Waals surface area contributed by atoms with Gasteiger partial charge < -0.3 is 19.7 Å². The van der Waals surface area contributed by atoms with E-state index in [0.29, 0.717) is 6.42 Å². The molecule has 4 atom stereocenters. The van der Waals surface area contributed by atoms with E-state index >= 15 is 0 Å². The van der Waals surface area contributed by atoms with Crippen LogP contribution in [0.4, 0.5) is 0 Å². The maximum atomic E-state index is 11.5. The maximum absolute atomic E-state index is 11.5. The van der Waals surface area contributed by atoms with Crippen molar-refractivity contribution < 1.29 is 24.5 Å². The number of carbonyl (C=O) groups excluding carboxylic acids is 1. The number of carbonyl (C=O) groups is 1. The predicted molar refractivity (Wildman–Crippen MR) is 97.0 cm³/mol. The fourth-order valence-electron chi connectivity index (χ4n) is 2.64. The van der Waals surface area contributed by atoms with Crippen LogP contribution >= 0.6 is 11.8 Å². The largest absolute Gasteiger partial charge is 0.463 e. The molecule has 1 aliphatic rings. The van der Waals surface area contributed by atoms with Crippen molar-refractivity contribution in [2.75, 3.05) is 12.4 Å². The number of unbranched alkanes of at least 4 members (excludes halogenated alkanes) is 6. The van der Waals surface area contributed by atoms with E-state index in [1.165, 1.54) is 43.9 Å². The van der Waals surface area contributed by atoms with Crippen molar-refractivity contribution in [1.29, 1.82) is 0 Å². The molecule has 0 amide bonds. The zero-order valence-electron chi connectivity index (χ0n) is 15.1. The van der Waals surface area contributed by atoms with Crippen LogP contribution in [0.15, 0.2) is 0 Å². The molecule has 5 nitrogen and oxygen atoms in total. The molecule has 0 aromatic carbocycles. The highest BCUT2D eigenvalue weighted by atomic mass is 32.2. The normalized spacial score (nSPS) is 26.7. The van der Waals surface area contributed by atoms with Crippen LogP contribution in [-0.4, -0.2) is 52.3 Å². The van der Waals surface area contributed by atoms with Crippen molar-refractivity contribution >= 4 is 17.7 Å². The zero-order chi connectivity index (χ0) is 17.8. The summed E-state index contributed by atoms with van der Waals surface area (Å²) in [6, 6.07) is 0. The van der Waals surface area contributed by atoms with Gasteiger partial charge in [0.1, 0.15) is 30.4 Å². The number of rotatable bonds is 13. The van der Waals surface area contributed by atoms with Crippen molar-refractivity contribution in [3.8, 4) is 0 Å². The van der Waals surface area contributed by atoms with Crippen molar-refractivity contribution in [2.24, 2.45) is 0 Å². The summed E-state index contributed by atoms with van der Waals surface area (Å²) in [6.07, 6.45) is 6.94. The second-order valence-corrected chi connectivity index (χ2v) is 7.66. The first-order valence-corrected chi connectivity index (χ1v) is 10.4. The average molecular weight is 363 g/mol. The molecule has 0 bridgehead atoms. The number of hydrogen-bond acceptors (Lipinski definition) is 6. The van der Waals surface area contributed by atoms with Crippen molar-refractivity contribution in [1.82, 2.24) is 0 Å². The van der Waals surface area contributed by atoms with E-state index < -0.39 is 23.7 Å². The first kappa shape index (κ1) is 21.7. The number of thioether (sulfide) groups is 1. The Labute approximate surface area is 150 Å². The van der Waals surface area contributed by atoms with E-state index in [0.717, 1.165) is 25.0 Å². The quantitative estimate of drug-likeness (QED) is 0.387. The van der Waals surface area contributed by atoms with E-state index in [-0.39, 0.29) is 12.6 Å². The molecule has 0 spiro atoms. The Hall–Kier alpha value is -0.300. The summed E-state index contributed by atoms with van der Waals surface area (Å²) in [5.41, 5.74) is -0.435. The fourth-order valence-corrected chi connectivity index (χ4v) is 3.82. The van der Waals surface area contributed by atoms with Gasteiger partial charge in [0.15, 0.2) is 0 Å². The van der Waals surface area contributed by atoms with Crippen molar-refractivity contribution in [2.45, 2.75) is 95.4 Å². The Bertz CT molecular complexity index is 339. The summed E-state index contributed by atoms with van der Waals surface area (Å²) in [4.78, 5) is 11.5. The SMILES string of the molecule is CCCCCCCCSC1OC(COC(=O)CCCC)C(O)C1O. The number of aliphatic hydroxyl groups excluding tert-OH is 2. The highest BCUT2D eigenvalue weighted by Gasteiger charge is 2.43.